The first kappa shape index (κ1) is 55.8. The number of aliphatic hydroxyl groups is 2. The fourth-order valence-corrected chi connectivity index (χ4v) is 8.09. The van der Waals surface area contributed by atoms with Crippen LogP contribution in [-0.2, 0) is 37.5 Å². The number of esters is 2. The number of phosphoric acid groups is 1. The molecule has 1 aliphatic rings. The second-order valence-corrected chi connectivity index (χ2v) is 17.9. The summed E-state index contributed by atoms with van der Waals surface area (Å²) in [6.45, 7) is 3.33. The van der Waals surface area contributed by atoms with Gasteiger partial charge in [-0.1, -0.05) is 147 Å². The van der Waals surface area contributed by atoms with Crippen molar-refractivity contribution in [3.63, 3.8) is 0 Å². The van der Waals surface area contributed by atoms with E-state index in [2.05, 4.69) is 38.2 Å². The van der Waals surface area contributed by atoms with Crippen LogP contribution in [0.1, 0.15) is 187 Å². The van der Waals surface area contributed by atoms with Crippen LogP contribution in [0.5, 0.6) is 0 Å². The van der Waals surface area contributed by atoms with Crippen molar-refractivity contribution in [1.82, 2.24) is 0 Å². The van der Waals surface area contributed by atoms with Crippen LogP contribution in [0.15, 0.2) is 36.5 Å². The number of ether oxygens (including phenoxy) is 2. The molecular weight excluding hydrogens is 785 g/mol. The Kier molecular flexibility index (Phi) is 34.8. The van der Waals surface area contributed by atoms with Gasteiger partial charge in [0.2, 0.25) is 0 Å². The first-order valence-electron chi connectivity index (χ1n) is 23.6. The van der Waals surface area contributed by atoms with E-state index in [1.165, 1.54) is 57.8 Å². The zero-order chi connectivity index (χ0) is 44.1. The third-order valence-corrected chi connectivity index (χ3v) is 11.9. The van der Waals surface area contributed by atoms with E-state index in [9.17, 15) is 34.1 Å². The third kappa shape index (κ3) is 30.8. The Hall–Kier alpha value is -2.18. The fourth-order valence-electron chi connectivity index (χ4n) is 7.33. The van der Waals surface area contributed by atoms with Gasteiger partial charge in [0.15, 0.2) is 6.10 Å². The van der Waals surface area contributed by atoms with Crippen molar-refractivity contribution in [2.24, 2.45) is 17.6 Å². The van der Waals surface area contributed by atoms with Gasteiger partial charge in [-0.05, 0) is 57.8 Å². The zero-order valence-electron chi connectivity index (χ0n) is 37.4. The van der Waals surface area contributed by atoms with Gasteiger partial charge in [-0.15, -0.1) is 0 Å². The molecule has 0 aromatic carbocycles. The summed E-state index contributed by atoms with van der Waals surface area (Å²) < 4.78 is 32.8. The number of nitrogens with two attached hydrogens (primary N) is 1. The maximum absolute atomic E-state index is 12.7. The number of ketones is 1. The van der Waals surface area contributed by atoms with Gasteiger partial charge in [0.25, 0.3) is 0 Å². The molecule has 348 valence electrons. The smallest absolute Gasteiger partial charge is 0.462 e. The summed E-state index contributed by atoms with van der Waals surface area (Å²) >= 11 is 0. The molecule has 1 saturated carbocycles. The molecule has 1 fully saturated rings. The minimum atomic E-state index is -4.45. The number of carbonyl (C=O) groups excluding carboxylic acids is 3. The minimum absolute atomic E-state index is 0.0136. The molecule has 0 bridgehead atoms. The number of rotatable bonds is 40. The van der Waals surface area contributed by atoms with Crippen molar-refractivity contribution in [2.75, 3.05) is 26.4 Å². The van der Waals surface area contributed by atoms with Crippen LogP contribution in [0.4, 0.5) is 0 Å². The van der Waals surface area contributed by atoms with Crippen molar-refractivity contribution >= 4 is 25.5 Å². The lowest BCUT2D eigenvalue weighted by molar-refractivity contribution is -0.161. The Morgan fingerprint density at radius 3 is 1.97 bits per heavy atom. The topological polar surface area (TPSA) is 192 Å². The molecule has 0 saturated heterocycles. The molecule has 1 rings (SSSR count). The summed E-state index contributed by atoms with van der Waals surface area (Å²) in [6.07, 6.45) is 35.0. The van der Waals surface area contributed by atoms with Gasteiger partial charge in [0, 0.05) is 37.6 Å². The Labute approximate surface area is 363 Å². The third-order valence-electron chi connectivity index (χ3n) is 10.9. The average molecular weight is 870 g/mol. The van der Waals surface area contributed by atoms with Gasteiger partial charge in [-0.25, -0.2) is 4.57 Å². The zero-order valence-corrected chi connectivity index (χ0v) is 38.3. The number of phosphoric ester groups is 1. The van der Waals surface area contributed by atoms with Crippen LogP contribution in [0.25, 0.3) is 0 Å². The number of Topliss-reactive ketones (excluding diaryl/α,β-unsaturated/α-hetero) is 1. The highest BCUT2D eigenvalue weighted by atomic mass is 31.2. The number of allylic oxidation sites excluding steroid dienone is 4. The van der Waals surface area contributed by atoms with Gasteiger partial charge < -0.3 is 30.3 Å². The number of aliphatic hydroxyl groups excluding tert-OH is 2. The van der Waals surface area contributed by atoms with Crippen molar-refractivity contribution in [2.45, 2.75) is 206 Å². The standard InChI is InChI=1S/C47H84NO11P/c1-3-5-7-8-9-10-11-12-13-14-15-16-17-18-19-20-21-22-27-31-46(52)56-38-41(39-58-60(54,55)57-36-35-48)59-47(53)32-28-24-23-26-30-42-43(45(51)37-44(42)50)34-33-40(49)29-25-6-4-2/h9-10,12-13,33-34,40-43,45,49,51H,3-8,11,14-32,35-39,48H2,1-2H3,(H,54,55)/b10-9-,13-12-,34-33+/t40-,41+,42+,43+,45+/m0/s1. The molecule has 0 aliphatic heterocycles. The van der Waals surface area contributed by atoms with Crippen LogP contribution in [0.2, 0.25) is 0 Å². The lowest BCUT2D eigenvalue weighted by Gasteiger charge is -2.20. The van der Waals surface area contributed by atoms with Crippen LogP contribution in [-0.4, -0.2) is 77.5 Å². The molecule has 0 amide bonds. The van der Waals surface area contributed by atoms with Crippen LogP contribution in [0, 0.1) is 11.8 Å². The maximum Gasteiger partial charge on any atom is 0.472 e. The number of carbonyl (C=O) groups is 3. The van der Waals surface area contributed by atoms with Crippen molar-refractivity contribution in [3.8, 4) is 0 Å². The summed E-state index contributed by atoms with van der Waals surface area (Å²) in [4.78, 5) is 47.8. The molecule has 13 heteroatoms. The normalized spacial score (nSPS) is 19.1. The lowest BCUT2D eigenvalue weighted by Crippen LogP contribution is -2.29. The van der Waals surface area contributed by atoms with Crippen molar-refractivity contribution in [3.05, 3.63) is 36.5 Å². The predicted octanol–water partition coefficient (Wildman–Crippen LogP) is 10.3. The molecular formula is C47H84NO11P. The number of hydrogen-bond donors (Lipinski definition) is 4. The van der Waals surface area contributed by atoms with Gasteiger partial charge >= 0.3 is 19.8 Å². The molecule has 0 aromatic rings. The van der Waals surface area contributed by atoms with E-state index in [0.29, 0.717) is 32.1 Å². The minimum Gasteiger partial charge on any atom is -0.462 e. The molecule has 1 aliphatic carbocycles. The second-order valence-electron chi connectivity index (χ2n) is 16.4. The van der Waals surface area contributed by atoms with E-state index in [1.54, 1.807) is 6.08 Å². The van der Waals surface area contributed by atoms with Crippen molar-refractivity contribution in [1.29, 1.82) is 0 Å². The molecule has 0 radical (unpaired) electrons. The highest BCUT2D eigenvalue weighted by molar-refractivity contribution is 7.47. The van der Waals surface area contributed by atoms with Gasteiger partial charge in [-0.3, -0.25) is 23.4 Å². The molecule has 5 N–H and O–H groups in total. The highest BCUT2D eigenvalue weighted by Gasteiger charge is 2.39. The first-order chi connectivity index (χ1) is 29.0. The van der Waals surface area contributed by atoms with E-state index in [1.807, 2.05) is 6.08 Å². The second kappa shape index (κ2) is 37.4. The molecule has 60 heavy (non-hydrogen) atoms. The van der Waals surface area contributed by atoms with E-state index in [-0.39, 0.29) is 56.6 Å². The lowest BCUT2D eigenvalue weighted by atomic mass is 9.88. The summed E-state index contributed by atoms with van der Waals surface area (Å²) in [5.74, 6) is -1.54. The van der Waals surface area contributed by atoms with E-state index in [4.69, 9.17) is 24.3 Å². The summed E-state index contributed by atoms with van der Waals surface area (Å²) in [5, 5.41) is 20.7. The Bertz CT molecular complexity index is 1240. The average Bonchev–Trinajstić information content (AvgIpc) is 3.49. The quantitative estimate of drug-likeness (QED) is 0.0197. The number of hydrogen-bond acceptors (Lipinski definition) is 11. The first-order valence-corrected chi connectivity index (χ1v) is 25.1. The molecule has 12 nitrogen and oxygen atoms in total. The van der Waals surface area contributed by atoms with E-state index >= 15 is 0 Å². The monoisotopic (exact) mass is 870 g/mol. The molecule has 0 heterocycles. The van der Waals surface area contributed by atoms with Gasteiger partial charge in [-0.2, -0.15) is 0 Å². The Morgan fingerprint density at radius 1 is 0.767 bits per heavy atom. The Balaban J connectivity index is 2.32. The predicted molar refractivity (Wildman–Crippen MR) is 239 cm³/mol. The molecule has 0 spiro atoms. The van der Waals surface area contributed by atoms with E-state index < -0.39 is 44.7 Å². The summed E-state index contributed by atoms with van der Waals surface area (Å²) in [5.41, 5.74) is 5.35. The van der Waals surface area contributed by atoms with Crippen LogP contribution >= 0.6 is 7.82 Å². The summed E-state index contributed by atoms with van der Waals surface area (Å²) in [7, 11) is -4.45. The van der Waals surface area contributed by atoms with Crippen LogP contribution in [0.3, 0.4) is 0 Å². The largest absolute Gasteiger partial charge is 0.472 e. The van der Waals surface area contributed by atoms with Crippen molar-refractivity contribution < 1.29 is 52.6 Å². The molecule has 6 atom stereocenters. The maximum atomic E-state index is 12.7. The Morgan fingerprint density at radius 2 is 1.33 bits per heavy atom. The number of unbranched alkanes of at least 4 members (excludes halogenated alkanes) is 17. The van der Waals surface area contributed by atoms with Gasteiger partial charge in [0.1, 0.15) is 12.4 Å². The fraction of sp³-hybridized carbons (Fsp3) is 0.809. The van der Waals surface area contributed by atoms with Gasteiger partial charge in [0.05, 0.1) is 25.4 Å². The van der Waals surface area contributed by atoms with E-state index in [0.717, 1.165) is 64.2 Å². The molecule has 1 unspecified atom stereocenters. The van der Waals surface area contributed by atoms with Crippen LogP contribution < -0.4 is 5.73 Å². The SMILES string of the molecule is CCCCC/C=C\C/C=C\CCCCCCCCCCCC(=O)OC[C@H](COP(=O)(O)OCCN)OC(=O)CCCCCC[C@H]1C(=O)C[C@@H](O)[C@@H]1/C=C/[C@@H](O)CCCCC. The summed E-state index contributed by atoms with van der Waals surface area (Å²) in [6, 6.07) is 0. The highest BCUT2D eigenvalue weighted by Crippen LogP contribution is 2.43. The molecule has 0 aromatic heterocycles.